The molecule has 5 nitrogen and oxygen atoms in total. The summed E-state index contributed by atoms with van der Waals surface area (Å²) in [5.41, 5.74) is 5.54. The fourth-order valence-electron chi connectivity index (χ4n) is 2.27. The van der Waals surface area contributed by atoms with Crippen molar-refractivity contribution in [2.24, 2.45) is 5.73 Å². The summed E-state index contributed by atoms with van der Waals surface area (Å²) in [5.74, 6) is 0.848. The predicted octanol–water partition coefficient (Wildman–Crippen LogP) is 0.415. The van der Waals surface area contributed by atoms with Gasteiger partial charge in [-0.2, -0.15) is 0 Å². The Balaban J connectivity index is 2.01. The molecule has 0 spiro atoms. The maximum absolute atomic E-state index is 5.88. The molecule has 1 aliphatic rings. The van der Waals surface area contributed by atoms with Gasteiger partial charge in [0, 0.05) is 32.0 Å². The molecule has 1 aromatic rings. The first-order chi connectivity index (χ1) is 8.09. The van der Waals surface area contributed by atoms with Crippen molar-refractivity contribution in [3.63, 3.8) is 0 Å². The summed E-state index contributed by atoms with van der Waals surface area (Å²) in [6.45, 7) is 7.21. The second kappa shape index (κ2) is 5.08. The van der Waals surface area contributed by atoms with E-state index in [0.29, 0.717) is 6.54 Å². The number of nitrogens with zero attached hydrogens (tertiary/aromatic N) is 3. The molecule has 0 bridgehead atoms. The Hall–Kier alpha value is -1.04. The van der Waals surface area contributed by atoms with Crippen LogP contribution in [0.3, 0.4) is 0 Å². The standard InChI is InChI=1S/C12H20N4O/c1-12(2)9-16(7-10(6-13)17-12)8-11-14-4-3-5-15-11/h3-5,10H,6-9,13H2,1-2H3. The summed E-state index contributed by atoms with van der Waals surface area (Å²) in [6.07, 6.45) is 3.64. The van der Waals surface area contributed by atoms with E-state index < -0.39 is 0 Å². The first-order valence-electron chi connectivity index (χ1n) is 5.95. The molecule has 0 aliphatic carbocycles. The van der Waals surface area contributed by atoms with Crippen molar-refractivity contribution in [2.75, 3.05) is 19.6 Å². The molecule has 2 rings (SSSR count). The molecule has 0 aromatic carbocycles. The van der Waals surface area contributed by atoms with Crippen LogP contribution in [0.2, 0.25) is 0 Å². The molecule has 1 unspecified atom stereocenters. The van der Waals surface area contributed by atoms with Gasteiger partial charge in [0.2, 0.25) is 0 Å². The van der Waals surface area contributed by atoms with Crippen LogP contribution in [0.25, 0.3) is 0 Å². The average molecular weight is 236 g/mol. The van der Waals surface area contributed by atoms with E-state index in [0.717, 1.165) is 25.5 Å². The van der Waals surface area contributed by atoms with Gasteiger partial charge < -0.3 is 10.5 Å². The van der Waals surface area contributed by atoms with E-state index in [1.54, 1.807) is 12.4 Å². The van der Waals surface area contributed by atoms with Gasteiger partial charge in [-0.15, -0.1) is 0 Å². The van der Waals surface area contributed by atoms with Crippen molar-refractivity contribution >= 4 is 0 Å². The lowest BCUT2D eigenvalue weighted by molar-refractivity contribution is -0.134. The third-order valence-electron chi connectivity index (χ3n) is 2.80. The van der Waals surface area contributed by atoms with Crippen LogP contribution in [0.4, 0.5) is 0 Å². The molecule has 0 saturated carbocycles. The van der Waals surface area contributed by atoms with Gasteiger partial charge in [0.05, 0.1) is 18.2 Å². The van der Waals surface area contributed by atoms with Crippen LogP contribution in [-0.2, 0) is 11.3 Å². The predicted molar refractivity (Wildman–Crippen MR) is 65.3 cm³/mol. The minimum absolute atomic E-state index is 0.0995. The van der Waals surface area contributed by atoms with Gasteiger partial charge in [-0.1, -0.05) is 0 Å². The Bertz CT molecular complexity index is 355. The number of rotatable bonds is 3. The third-order valence-corrected chi connectivity index (χ3v) is 2.80. The second-order valence-corrected chi connectivity index (χ2v) is 5.07. The Labute approximate surface area is 102 Å². The minimum Gasteiger partial charge on any atom is -0.368 e. The van der Waals surface area contributed by atoms with Gasteiger partial charge in [-0.25, -0.2) is 9.97 Å². The Morgan fingerprint density at radius 1 is 1.47 bits per heavy atom. The van der Waals surface area contributed by atoms with Gasteiger partial charge in [0.25, 0.3) is 0 Å². The van der Waals surface area contributed by atoms with E-state index in [1.807, 2.05) is 6.07 Å². The van der Waals surface area contributed by atoms with E-state index in [-0.39, 0.29) is 11.7 Å². The number of hydrogen-bond donors (Lipinski definition) is 1. The zero-order chi connectivity index (χ0) is 12.3. The molecule has 1 fully saturated rings. The summed E-state index contributed by atoms with van der Waals surface area (Å²) in [6, 6.07) is 1.83. The van der Waals surface area contributed by atoms with E-state index >= 15 is 0 Å². The highest BCUT2D eigenvalue weighted by Crippen LogP contribution is 2.21. The summed E-state index contributed by atoms with van der Waals surface area (Å²) in [7, 11) is 0. The topological polar surface area (TPSA) is 64.3 Å². The summed E-state index contributed by atoms with van der Waals surface area (Å²) >= 11 is 0. The number of ether oxygens (including phenoxy) is 1. The first-order valence-corrected chi connectivity index (χ1v) is 5.95. The van der Waals surface area contributed by atoms with Crippen LogP contribution in [0.15, 0.2) is 18.5 Å². The quantitative estimate of drug-likeness (QED) is 0.823. The van der Waals surface area contributed by atoms with E-state index in [4.69, 9.17) is 10.5 Å². The fraction of sp³-hybridized carbons (Fsp3) is 0.667. The summed E-state index contributed by atoms with van der Waals surface area (Å²) in [5, 5.41) is 0. The van der Waals surface area contributed by atoms with Crippen molar-refractivity contribution < 1.29 is 4.74 Å². The first kappa shape index (κ1) is 12.4. The SMILES string of the molecule is CC1(C)CN(Cc2ncccn2)CC(CN)O1. The van der Waals surface area contributed by atoms with Gasteiger partial charge in [-0.05, 0) is 19.9 Å². The molecule has 1 atom stereocenters. The van der Waals surface area contributed by atoms with Crippen molar-refractivity contribution in [1.29, 1.82) is 0 Å². The monoisotopic (exact) mass is 236 g/mol. The van der Waals surface area contributed by atoms with Gasteiger partial charge in [0.1, 0.15) is 5.82 Å². The van der Waals surface area contributed by atoms with Crippen molar-refractivity contribution in [2.45, 2.75) is 32.1 Å². The lowest BCUT2D eigenvalue weighted by Gasteiger charge is -2.42. The van der Waals surface area contributed by atoms with Crippen molar-refractivity contribution in [3.8, 4) is 0 Å². The van der Waals surface area contributed by atoms with Crippen LogP contribution in [0, 0.1) is 0 Å². The maximum atomic E-state index is 5.88. The Morgan fingerprint density at radius 2 is 2.18 bits per heavy atom. The van der Waals surface area contributed by atoms with Gasteiger partial charge >= 0.3 is 0 Å². The van der Waals surface area contributed by atoms with E-state index in [2.05, 4.69) is 28.7 Å². The van der Waals surface area contributed by atoms with Crippen LogP contribution < -0.4 is 5.73 Å². The third kappa shape index (κ3) is 3.46. The van der Waals surface area contributed by atoms with E-state index in [1.165, 1.54) is 0 Å². The van der Waals surface area contributed by atoms with Crippen LogP contribution in [-0.4, -0.2) is 46.2 Å². The molecular formula is C12H20N4O. The molecule has 2 heterocycles. The second-order valence-electron chi connectivity index (χ2n) is 5.07. The number of morpholine rings is 1. The number of aromatic nitrogens is 2. The highest BCUT2D eigenvalue weighted by Gasteiger charge is 2.32. The van der Waals surface area contributed by atoms with Crippen LogP contribution in [0.1, 0.15) is 19.7 Å². The zero-order valence-electron chi connectivity index (χ0n) is 10.5. The lowest BCUT2D eigenvalue weighted by Crippen LogP contribution is -2.54. The Kier molecular flexibility index (Phi) is 3.71. The average Bonchev–Trinajstić information content (AvgIpc) is 2.28. The van der Waals surface area contributed by atoms with Gasteiger partial charge in [0.15, 0.2) is 0 Å². The van der Waals surface area contributed by atoms with Crippen LogP contribution in [0.5, 0.6) is 0 Å². The molecule has 0 radical (unpaired) electrons. The molecule has 2 N–H and O–H groups in total. The van der Waals surface area contributed by atoms with Gasteiger partial charge in [-0.3, -0.25) is 4.90 Å². The molecule has 5 heteroatoms. The maximum Gasteiger partial charge on any atom is 0.142 e. The molecule has 1 saturated heterocycles. The summed E-state index contributed by atoms with van der Waals surface area (Å²) < 4.78 is 5.88. The highest BCUT2D eigenvalue weighted by atomic mass is 16.5. The zero-order valence-corrected chi connectivity index (χ0v) is 10.5. The fourth-order valence-corrected chi connectivity index (χ4v) is 2.27. The molecule has 1 aliphatic heterocycles. The largest absolute Gasteiger partial charge is 0.368 e. The Morgan fingerprint density at radius 3 is 2.82 bits per heavy atom. The van der Waals surface area contributed by atoms with Crippen molar-refractivity contribution in [1.82, 2.24) is 14.9 Å². The molecular weight excluding hydrogens is 216 g/mol. The minimum atomic E-state index is -0.156. The smallest absolute Gasteiger partial charge is 0.142 e. The molecule has 1 aromatic heterocycles. The van der Waals surface area contributed by atoms with Crippen LogP contribution >= 0.6 is 0 Å². The molecule has 0 amide bonds. The van der Waals surface area contributed by atoms with E-state index in [9.17, 15) is 0 Å². The highest BCUT2D eigenvalue weighted by molar-refractivity contribution is 4.91. The number of nitrogens with two attached hydrogens (primary N) is 1. The normalized spacial score (nSPS) is 24.8. The number of hydrogen-bond acceptors (Lipinski definition) is 5. The summed E-state index contributed by atoms with van der Waals surface area (Å²) in [4.78, 5) is 10.8. The molecule has 17 heavy (non-hydrogen) atoms. The molecule has 94 valence electrons. The van der Waals surface area contributed by atoms with Crippen molar-refractivity contribution in [3.05, 3.63) is 24.3 Å². The lowest BCUT2D eigenvalue weighted by atomic mass is 10.1.